The van der Waals surface area contributed by atoms with E-state index in [1.165, 1.54) is 32.1 Å². The van der Waals surface area contributed by atoms with E-state index in [0.717, 1.165) is 18.8 Å². The molecule has 1 aromatic carbocycles. The van der Waals surface area contributed by atoms with Crippen molar-refractivity contribution in [1.29, 1.82) is 0 Å². The second-order valence-electron chi connectivity index (χ2n) is 6.55. The molecule has 1 saturated carbocycles. The molecule has 2 atom stereocenters. The molecule has 2 rings (SSSR count). The number of carbonyl (C=O) groups is 1. The lowest BCUT2D eigenvalue weighted by Crippen LogP contribution is -2.33. The summed E-state index contributed by atoms with van der Waals surface area (Å²) < 4.78 is 22.7. The molecule has 25 heavy (non-hydrogen) atoms. The molecule has 0 heterocycles. The van der Waals surface area contributed by atoms with E-state index < -0.39 is 18.9 Å². The summed E-state index contributed by atoms with van der Waals surface area (Å²) >= 11 is 5.89. The van der Waals surface area contributed by atoms with Gasteiger partial charge in [0.15, 0.2) is 0 Å². The summed E-state index contributed by atoms with van der Waals surface area (Å²) in [7, 11) is 0. The van der Waals surface area contributed by atoms with E-state index in [0.29, 0.717) is 12.4 Å². The Hall–Kier alpha value is -1.03. The van der Waals surface area contributed by atoms with Gasteiger partial charge in [-0.05, 0) is 37.8 Å². The number of hydrogen-bond donors (Lipinski definition) is 1. The average molecular weight is 388 g/mol. The van der Waals surface area contributed by atoms with Crippen molar-refractivity contribution in [2.75, 3.05) is 6.61 Å². The van der Waals surface area contributed by atoms with Crippen molar-refractivity contribution in [1.82, 2.24) is 5.09 Å². The molecule has 1 aromatic rings. The van der Waals surface area contributed by atoms with Gasteiger partial charge >= 0.3 is 12.8 Å². The van der Waals surface area contributed by atoms with Crippen molar-refractivity contribution in [2.45, 2.75) is 57.9 Å². The molecular formula is C18H27ClNO4P. The highest BCUT2D eigenvalue weighted by molar-refractivity contribution is 7.84. The van der Waals surface area contributed by atoms with Crippen LogP contribution in [0.5, 0.6) is 5.75 Å². The average Bonchev–Trinajstić information content (AvgIpc) is 2.59. The van der Waals surface area contributed by atoms with Gasteiger partial charge in [0.25, 0.3) is 0 Å². The van der Waals surface area contributed by atoms with E-state index >= 15 is 0 Å². The van der Waals surface area contributed by atoms with Gasteiger partial charge in [-0.1, -0.05) is 50.3 Å². The molecule has 140 valence electrons. The summed E-state index contributed by atoms with van der Waals surface area (Å²) in [6.45, 7) is -1.72. The number of carbonyl (C=O) groups excluding carboxylic acids is 1. The van der Waals surface area contributed by atoms with Crippen molar-refractivity contribution < 1.29 is 18.6 Å². The van der Waals surface area contributed by atoms with E-state index in [-0.39, 0.29) is 0 Å². The number of rotatable bonds is 9. The van der Waals surface area contributed by atoms with Crippen LogP contribution in [0.25, 0.3) is 0 Å². The van der Waals surface area contributed by atoms with Crippen LogP contribution in [0.4, 0.5) is 0 Å². The number of nitrogens with one attached hydrogen (secondary N) is 1. The van der Waals surface area contributed by atoms with Gasteiger partial charge in [0.2, 0.25) is 0 Å². The molecule has 1 fully saturated rings. The van der Waals surface area contributed by atoms with Crippen LogP contribution in [-0.2, 0) is 14.1 Å². The van der Waals surface area contributed by atoms with Crippen LogP contribution >= 0.6 is 18.1 Å². The molecule has 0 bridgehead atoms. The maximum atomic E-state index is 12.3. The van der Waals surface area contributed by atoms with Crippen molar-refractivity contribution in [3.63, 3.8) is 0 Å². The van der Waals surface area contributed by atoms with Crippen LogP contribution in [0, 0.1) is 5.92 Å². The molecule has 0 aliphatic heterocycles. The van der Waals surface area contributed by atoms with Crippen LogP contribution in [0.1, 0.15) is 51.9 Å². The van der Waals surface area contributed by atoms with Crippen molar-refractivity contribution in [3.05, 3.63) is 30.3 Å². The van der Waals surface area contributed by atoms with Crippen LogP contribution in [-0.4, -0.2) is 18.6 Å². The predicted octanol–water partition coefficient (Wildman–Crippen LogP) is 5.29. The molecule has 0 aromatic heterocycles. The highest BCUT2D eigenvalue weighted by Crippen LogP contribution is 2.48. The van der Waals surface area contributed by atoms with Crippen LogP contribution < -0.4 is 9.61 Å². The number of benzene rings is 1. The minimum Gasteiger partial charge on any atom is -0.465 e. The van der Waals surface area contributed by atoms with E-state index in [1.54, 1.807) is 31.2 Å². The van der Waals surface area contributed by atoms with Gasteiger partial charge in [-0.2, -0.15) is 0 Å². The number of esters is 1. The third-order valence-corrected chi connectivity index (χ3v) is 6.03. The van der Waals surface area contributed by atoms with E-state index in [1.807, 2.05) is 6.07 Å². The fourth-order valence-corrected chi connectivity index (χ4v) is 4.76. The summed E-state index contributed by atoms with van der Waals surface area (Å²) in [5.41, 5.74) is 0. The number of halogens is 1. The summed E-state index contributed by atoms with van der Waals surface area (Å²) in [5.74, 6) is 0.674. The van der Waals surface area contributed by atoms with Gasteiger partial charge < -0.3 is 9.26 Å². The van der Waals surface area contributed by atoms with Gasteiger partial charge in [0.1, 0.15) is 11.8 Å². The lowest BCUT2D eigenvalue weighted by molar-refractivity contribution is -0.145. The SMILES string of the molecule is C[C@H](NP(=O)(Cl)Oc1ccccc1)C(=O)OCCCC1CCCCC1. The maximum Gasteiger partial charge on any atom is 0.409 e. The van der Waals surface area contributed by atoms with Crippen LogP contribution in [0.3, 0.4) is 0 Å². The summed E-state index contributed by atoms with van der Waals surface area (Å²) in [4.78, 5) is 12.0. The molecular weight excluding hydrogens is 361 g/mol. The molecule has 0 amide bonds. The Kier molecular flexibility index (Phi) is 8.28. The Bertz CT molecular complexity index is 578. The van der Waals surface area contributed by atoms with Gasteiger partial charge in [0, 0.05) is 11.2 Å². The van der Waals surface area contributed by atoms with Crippen LogP contribution in [0.2, 0.25) is 0 Å². The van der Waals surface area contributed by atoms with E-state index in [4.69, 9.17) is 20.5 Å². The van der Waals surface area contributed by atoms with Gasteiger partial charge in [-0.25, -0.2) is 9.65 Å². The molecule has 1 N–H and O–H groups in total. The molecule has 0 spiro atoms. The third kappa shape index (κ3) is 7.81. The maximum absolute atomic E-state index is 12.3. The fraction of sp³-hybridized carbons (Fsp3) is 0.611. The lowest BCUT2D eigenvalue weighted by atomic mass is 9.86. The normalized spacial score (nSPS) is 19.0. The molecule has 0 radical (unpaired) electrons. The summed E-state index contributed by atoms with van der Waals surface area (Å²) in [6.07, 6.45) is 8.52. The van der Waals surface area contributed by atoms with E-state index in [9.17, 15) is 9.36 Å². The van der Waals surface area contributed by atoms with Gasteiger partial charge in [-0.15, -0.1) is 0 Å². The van der Waals surface area contributed by atoms with Crippen LogP contribution in [0.15, 0.2) is 30.3 Å². The second kappa shape index (κ2) is 10.2. The molecule has 5 nitrogen and oxygen atoms in total. The third-order valence-electron chi connectivity index (χ3n) is 4.39. The first-order valence-electron chi connectivity index (χ1n) is 8.95. The highest BCUT2D eigenvalue weighted by atomic mass is 35.7. The predicted molar refractivity (Wildman–Crippen MR) is 99.9 cm³/mol. The Morgan fingerprint density at radius 2 is 1.96 bits per heavy atom. The molecule has 1 aliphatic rings. The fourth-order valence-electron chi connectivity index (χ4n) is 3.07. The van der Waals surface area contributed by atoms with Gasteiger partial charge in [0.05, 0.1) is 6.61 Å². The monoisotopic (exact) mass is 387 g/mol. The molecule has 0 saturated heterocycles. The Labute approximate surface area is 154 Å². The Balaban J connectivity index is 1.67. The number of hydrogen-bond acceptors (Lipinski definition) is 4. The van der Waals surface area contributed by atoms with Crippen molar-refractivity contribution in [3.8, 4) is 5.75 Å². The van der Waals surface area contributed by atoms with Crippen molar-refractivity contribution in [2.24, 2.45) is 5.92 Å². The minimum atomic E-state index is -3.66. The lowest BCUT2D eigenvalue weighted by Gasteiger charge is -2.21. The zero-order valence-corrected chi connectivity index (χ0v) is 16.3. The number of para-hydroxylation sites is 1. The zero-order valence-electron chi connectivity index (χ0n) is 14.7. The zero-order chi connectivity index (χ0) is 18.1. The number of ether oxygens (including phenoxy) is 1. The largest absolute Gasteiger partial charge is 0.465 e. The summed E-state index contributed by atoms with van der Waals surface area (Å²) in [5, 5.41) is 2.52. The quantitative estimate of drug-likeness (QED) is 0.354. The first-order chi connectivity index (χ1) is 12.0. The topological polar surface area (TPSA) is 64.6 Å². The second-order valence-corrected chi connectivity index (χ2v) is 9.28. The van der Waals surface area contributed by atoms with E-state index in [2.05, 4.69) is 5.09 Å². The smallest absolute Gasteiger partial charge is 0.409 e. The van der Waals surface area contributed by atoms with Crippen molar-refractivity contribution >= 4 is 24.1 Å². The molecule has 7 heteroatoms. The van der Waals surface area contributed by atoms with Gasteiger partial charge in [-0.3, -0.25) is 4.79 Å². The Morgan fingerprint density at radius 1 is 1.28 bits per heavy atom. The standard InChI is InChI=1S/C18H27ClNO4P/c1-15(20-25(19,22)24-17-12-6-3-7-13-17)18(21)23-14-8-11-16-9-4-2-5-10-16/h3,6-7,12-13,15-16H,2,4-5,8-11,14H2,1H3,(H,20,22)/t15-,25?/m0/s1. The highest BCUT2D eigenvalue weighted by Gasteiger charge is 2.28. The summed E-state index contributed by atoms with van der Waals surface area (Å²) in [6, 6.07) is 7.79. The molecule has 1 aliphatic carbocycles. The minimum absolute atomic E-state index is 0.376. The Morgan fingerprint density at radius 3 is 2.64 bits per heavy atom. The first kappa shape index (κ1) is 20.3. The first-order valence-corrected chi connectivity index (χ1v) is 11.5. The molecule has 1 unspecified atom stereocenters.